The third-order valence-corrected chi connectivity index (χ3v) is 5.64. The van der Waals surface area contributed by atoms with E-state index in [1.807, 2.05) is 6.92 Å². The van der Waals surface area contributed by atoms with Crippen molar-refractivity contribution in [2.45, 2.75) is 52.6 Å². The summed E-state index contributed by atoms with van der Waals surface area (Å²) in [5.74, 6) is 0.845. The van der Waals surface area contributed by atoms with Crippen molar-refractivity contribution in [3.63, 3.8) is 0 Å². The molecule has 0 aromatic carbocycles. The molecule has 4 atom stereocenters. The third-order valence-electron chi connectivity index (χ3n) is 5.64. The summed E-state index contributed by atoms with van der Waals surface area (Å²) in [5, 5.41) is 0. The molecule has 0 amide bonds. The van der Waals surface area contributed by atoms with Crippen LogP contribution in [0.4, 0.5) is 0 Å². The monoisotopic (exact) mass is 248 g/mol. The molecular weight excluding hydrogens is 228 g/mol. The van der Waals surface area contributed by atoms with E-state index >= 15 is 0 Å². The van der Waals surface area contributed by atoms with Gasteiger partial charge in [0.2, 0.25) is 0 Å². The minimum absolute atomic E-state index is 0.00372. The first-order valence-electron chi connectivity index (χ1n) is 6.87. The van der Waals surface area contributed by atoms with E-state index in [-0.39, 0.29) is 23.4 Å². The van der Waals surface area contributed by atoms with Crippen LogP contribution in [0.3, 0.4) is 0 Å². The van der Waals surface area contributed by atoms with E-state index in [0.29, 0.717) is 18.1 Å². The van der Waals surface area contributed by atoms with Crippen molar-refractivity contribution < 1.29 is 14.3 Å². The number of carbonyl (C=O) groups is 2. The zero-order valence-electron chi connectivity index (χ0n) is 11.3. The van der Waals surface area contributed by atoms with Crippen LogP contribution in [0.25, 0.3) is 0 Å². The van der Waals surface area contributed by atoms with Gasteiger partial charge >= 0.3 is 5.97 Å². The molecule has 0 spiro atoms. The van der Waals surface area contributed by atoms with E-state index in [9.17, 15) is 9.59 Å². The second kappa shape index (κ2) is 3.69. The summed E-state index contributed by atoms with van der Waals surface area (Å²) in [7, 11) is 0. The Morgan fingerprint density at radius 1 is 1.33 bits per heavy atom. The summed E-state index contributed by atoms with van der Waals surface area (Å²) in [5.41, 5.74) is 1.96. The zero-order valence-corrected chi connectivity index (χ0v) is 11.3. The summed E-state index contributed by atoms with van der Waals surface area (Å²) < 4.78 is 5.44. The number of rotatable bonds is 0. The van der Waals surface area contributed by atoms with Crippen molar-refractivity contribution in [3.8, 4) is 0 Å². The molecule has 3 heteroatoms. The Morgan fingerprint density at radius 3 is 2.78 bits per heavy atom. The normalized spacial score (nSPS) is 43.6. The molecule has 0 bridgehead atoms. The van der Waals surface area contributed by atoms with Crippen molar-refractivity contribution in [2.75, 3.05) is 0 Å². The number of hydrogen-bond donors (Lipinski definition) is 0. The SMILES string of the molecule is CC1=C2C[C@@]3(C)[C@H](CCC(=O)[C@@H]3C)C[C@@H]2OC1=O. The van der Waals surface area contributed by atoms with Gasteiger partial charge in [0, 0.05) is 17.9 Å². The number of ketones is 1. The van der Waals surface area contributed by atoms with E-state index in [2.05, 4.69) is 13.8 Å². The maximum absolute atomic E-state index is 12.0. The van der Waals surface area contributed by atoms with Crippen LogP contribution in [-0.4, -0.2) is 17.9 Å². The number of ether oxygens (including phenoxy) is 1. The Labute approximate surface area is 108 Å². The minimum atomic E-state index is -0.156. The van der Waals surface area contributed by atoms with Crippen LogP contribution in [0, 0.1) is 17.3 Å². The second-order valence-corrected chi connectivity index (χ2v) is 6.39. The molecule has 3 aliphatic rings. The van der Waals surface area contributed by atoms with Crippen molar-refractivity contribution in [3.05, 3.63) is 11.1 Å². The van der Waals surface area contributed by atoms with Crippen LogP contribution < -0.4 is 0 Å². The number of esters is 1. The van der Waals surface area contributed by atoms with Gasteiger partial charge in [-0.1, -0.05) is 13.8 Å². The Bertz CT molecular complexity index is 462. The largest absolute Gasteiger partial charge is 0.454 e. The van der Waals surface area contributed by atoms with Crippen LogP contribution in [0.5, 0.6) is 0 Å². The maximum Gasteiger partial charge on any atom is 0.334 e. The maximum atomic E-state index is 12.0. The van der Waals surface area contributed by atoms with Gasteiger partial charge < -0.3 is 4.74 Å². The van der Waals surface area contributed by atoms with Gasteiger partial charge in [0.25, 0.3) is 0 Å². The van der Waals surface area contributed by atoms with Gasteiger partial charge in [0.1, 0.15) is 11.9 Å². The zero-order chi connectivity index (χ0) is 13.1. The highest BCUT2D eigenvalue weighted by atomic mass is 16.5. The van der Waals surface area contributed by atoms with Crippen molar-refractivity contribution in [1.82, 2.24) is 0 Å². The quantitative estimate of drug-likeness (QED) is 0.619. The first-order valence-corrected chi connectivity index (χ1v) is 6.87. The van der Waals surface area contributed by atoms with Crippen LogP contribution in [0.1, 0.15) is 46.5 Å². The van der Waals surface area contributed by atoms with Gasteiger partial charge in [-0.2, -0.15) is 0 Å². The summed E-state index contributed by atoms with van der Waals surface area (Å²) in [6.45, 7) is 6.14. The number of hydrogen-bond acceptors (Lipinski definition) is 3. The topological polar surface area (TPSA) is 43.4 Å². The van der Waals surface area contributed by atoms with Crippen LogP contribution in [0.15, 0.2) is 11.1 Å². The fourth-order valence-corrected chi connectivity index (χ4v) is 4.04. The van der Waals surface area contributed by atoms with Gasteiger partial charge in [0.05, 0.1) is 0 Å². The predicted octanol–water partition coefficient (Wildman–Crippen LogP) is 2.64. The highest BCUT2D eigenvalue weighted by Crippen LogP contribution is 2.55. The lowest BCUT2D eigenvalue weighted by Gasteiger charge is -2.50. The van der Waals surface area contributed by atoms with Crippen LogP contribution in [-0.2, 0) is 14.3 Å². The summed E-state index contributed by atoms with van der Waals surface area (Å²) in [4.78, 5) is 23.6. The number of Topliss-reactive ketones (excluding diaryl/α,β-unsaturated/α-hetero) is 1. The molecule has 2 saturated carbocycles. The number of carbonyl (C=O) groups excluding carboxylic acids is 2. The van der Waals surface area contributed by atoms with E-state index < -0.39 is 0 Å². The molecule has 0 saturated heterocycles. The predicted molar refractivity (Wildman–Crippen MR) is 66.8 cm³/mol. The summed E-state index contributed by atoms with van der Waals surface area (Å²) >= 11 is 0. The van der Waals surface area contributed by atoms with Crippen molar-refractivity contribution in [1.29, 1.82) is 0 Å². The third kappa shape index (κ3) is 1.42. The average Bonchev–Trinajstić information content (AvgIpc) is 2.60. The Hall–Kier alpha value is -1.12. The minimum Gasteiger partial charge on any atom is -0.454 e. The van der Waals surface area contributed by atoms with E-state index in [1.54, 1.807) is 0 Å². The lowest BCUT2D eigenvalue weighted by atomic mass is 9.54. The molecule has 98 valence electrons. The summed E-state index contributed by atoms with van der Waals surface area (Å²) in [6, 6.07) is 0. The van der Waals surface area contributed by atoms with E-state index in [4.69, 9.17) is 4.74 Å². The van der Waals surface area contributed by atoms with Crippen molar-refractivity contribution >= 4 is 11.8 Å². The molecule has 3 nitrogen and oxygen atoms in total. The van der Waals surface area contributed by atoms with E-state index in [0.717, 1.165) is 30.4 Å². The summed E-state index contributed by atoms with van der Waals surface area (Å²) in [6.07, 6.45) is 3.41. The Morgan fingerprint density at radius 2 is 2.06 bits per heavy atom. The molecule has 18 heavy (non-hydrogen) atoms. The first-order chi connectivity index (χ1) is 8.43. The van der Waals surface area contributed by atoms with Gasteiger partial charge in [-0.3, -0.25) is 4.79 Å². The van der Waals surface area contributed by atoms with Crippen LogP contribution >= 0.6 is 0 Å². The average molecular weight is 248 g/mol. The highest BCUT2D eigenvalue weighted by molar-refractivity contribution is 5.92. The molecular formula is C15H20O3. The van der Waals surface area contributed by atoms with Gasteiger partial charge in [-0.05, 0) is 43.1 Å². The van der Waals surface area contributed by atoms with Crippen LogP contribution in [0.2, 0.25) is 0 Å². The smallest absolute Gasteiger partial charge is 0.334 e. The molecule has 0 N–H and O–H groups in total. The molecule has 3 rings (SSSR count). The fraction of sp³-hybridized carbons (Fsp3) is 0.733. The standard InChI is InChI=1S/C15H20O3/c1-8-11-7-15(3)9(2)12(16)5-4-10(15)6-13(11)18-14(8)17/h9-10,13H,4-7H2,1-3H3/t9-,10+,13-,15+/m0/s1. The van der Waals surface area contributed by atoms with Gasteiger partial charge in [-0.15, -0.1) is 0 Å². The molecule has 2 aliphatic carbocycles. The second-order valence-electron chi connectivity index (χ2n) is 6.39. The highest BCUT2D eigenvalue weighted by Gasteiger charge is 2.52. The van der Waals surface area contributed by atoms with E-state index in [1.165, 1.54) is 0 Å². The molecule has 2 fully saturated rings. The molecule has 1 aliphatic heterocycles. The molecule has 0 aromatic heterocycles. The first kappa shape index (κ1) is 11.9. The molecule has 1 heterocycles. The molecule has 0 radical (unpaired) electrons. The number of fused-ring (bicyclic) bond motifs is 2. The Kier molecular flexibility index (Phi) is 2.45. The van der Waals surface area contributed by atoms with Crippen molar-refractivity contribution in [2.24, 2.45) is 17.3 Å². The van der Waals surface area contributed by atoms with Gasteiger partial charge in [-0.25, -0.2) is 4.79 Å². The lowest BCUT2D eigenvalue weighted by molar-refractivity contribution is -0.145. The molecule has 0 aromatic rings. The lowest BCUT2D eigenvalue weighted by Crippen LogP contribution is -2.47. The molecule has 0 unspecified atom stereocenters. The van der Waals surface area contributed by atoms with Gasteiger partial charge in [0.15, 0.2) is 0 Å². The fourth-order valence-electron chi connectivity index (χ4n) is 4.04. The Balaban J connectivity index is 1.98.